The molecule has 12 aromatic carbocycles. The third kappa shape index (κ3) is 25.3. The lowest BCUT2D eigenvalue weighted by atomic mass is 10.0. The van der Waals surface area contributed by atoms with E-state index < -0.39 is 287 Å². The summed E-state index contributed by atoms with van der Waals surface area (Å²) < 4.78 is 362. The van der Waals surface area contributed by atoms with Crippen LogP contribution in [-0.2, 0) is 101 Å². The van der Waals surface area contributed by atoms with Gasteiger partial charge in [-0.25, -0.2) is 28.8 Å². The highest BCUT2D eigenvalue weighted by atomic mass is 32.3. The SMILES string of the molecule is Cc1ccc(NC(=O)Nc2ccc(-c3ccc(NC(=O)Nc4ccc(-c5ccc(NC(=O)Nc6ccc(-c7ccc(NC(=O)Nc8ccc(-c9ccc(NC(=O)Nc%10ccc(-c%11ccc(NC(=O)Nc%12ccc(C)cc%12)cc%11S(=O)(=O)O)c(S(=O)(=O)O)c%10)cc9S(=O)(=O)O)c(S(=O)(=O)O)c8)cc7S(=O)(=O)O)c(S(=O)(=O)O)c6)cc5S(=O)(=O)O)c(S(=O)(=O)O)c4)cc3S(=O)(=O)O)c(S(=O)(=O)O)c2)cc1. The number of benzene rings is 12. The summed E-state index contributed by atoms with van der Waals surface area (Å²) in [6.45, 7) is 3.58. The number of rotatable bonds is 27. The summed E-state index contributed by atoms with van der Waals surface area (Å²) in [5, 5.41) is 26.9. The summed E-state index contributed by atoms with van der Waals surface area (Å²) in [4.78, 5) is 68.3. The highest BCUT2D eigenvalue weighted by Crippen LogP contribution is 2.43. The molecule has 22 N–H and O–H groups in total. The van der Waals surface area contributed by atoms with Crippen molar-refractivity contribution in [2.75, 3.05) is 63.8 Å². The highest BCUT2D eigenvalue weighted by Gasteiger charge is 2.33. The summed E-state index contributed by atoms with van der Waals surface area (Å²) in [7, 11) is -54.5. The quantitative estimate of drug-likeness (QED) is 0.0213. The van der Waals surface area contributed by atoms with Gasteiger partial charge in [-0.1, -0.05) is 96.1 Å². The summed E-state index contributed by atoms with van der Waals surface area (Å²) in [6, 6.07) is 30.0. The average molecular weight is 2090 g/mol. The Hall–Kier alpha value is -14.6. The largest absolute Gasteiger partial charge is 0.323 e. The van der Waals surface area contributed by atoms with Crippen molar-refractivity contribution in [3.63, 3.8) is 0 Å². The topological polar surface area (TPSA) is 790 Å². The van der Waals surface area contributed by atoms with E-state index in [2.05, 4.69) is 63.8 Å². The highest BCUT2D eigenvalue weighted by molar-refractivity contribution is 7.88. The van der Waals surface area contributed by atoms with Crippen LogP contribution in [-0.4, -0.2) is 166 Å². The first-order valence-electron chi connectivity index (χ1n) is 37.7. The van der Waals surface area contributed by atoms with Crippen molar-refractivity contribution in [3.8, 4) is 55.6 Å². The number of amides is 12. The number of carbonyl (C=O) groups is 6. The molecule has 0 bridgehead atoms. The van der Waals surface area contributed by atoms with Crippen LogP contribution in [0.4, 0.5) is 97.0 Å². The lowest BCUT2D eigenvalue weighted by molar-refractivity contribution is 0.261. The van der Waals surface area contributed by atoms with E-state index in [0.717, 1.165) is 145 Å². The number of anilines is 12. The Labute approximate surface area is 782 Å². The van der Waals surface area contributed by atoms with Gasteiger partial charge in [0, 0.05) is 124 Å². The zero-order chi connectivity index (χ0) is 101. The second-order valence-corrected chi connectivity index (χ2v) is 43.0. The number of hydrogen-bond acceptors (Lipinski definition) is 26. The van der Waals surface area contributed by atoms with Gasteiger partial charge in [-0.15, -0.1) is 0 Å². The minimum atomic E-state index is -5.55. The van der Waals surface area contributed by atoms with Crippen molar-refractivity contribution < 1.29 is 158 Å². The first-order chi connectivity index (χ1) is 63.9. The molecule has 0 unspecified atom stereocenters. The Bertz CT molecular complexity index is 7900. The third-order valence-corrected chi connectivity index (χ3v) is 28.2. The van der Waals surface area contributed by atoms with Gasteiger partial charge in [0.25, 0.3) is 101 Å². The molecule has 0 radical (unpaired) electrons. The van der Waals surface area contributed by atoms with E-state index in [4.69, 9.17) is 0 Å². The fourth-order valence-corrected chi connectivity index (χ4v) is 20.7. The Morgan fingerprint density at radius 1 is 0.152 bits per heavy atom. The molecule has 0 heterocycles. The molecule has 12 aromatic rings. The van der Waals surface area contributed by atoms with Crippen LogP contribution in [0.1, 0.15) is 11.1 Å². The molecular formula is C80H66N12O36S10. The van der Waals surface area contributed by atoms with Crippen LogP contribution in [0.3, 0.4) is 0 Å². The van der Waals surface area contributed by atoms with Crippen molar-refractivity contribution in [2.24, 2.45) is 0 Å². The van der Waals surface area contributed by atoms with Crippen LogP contribution in [0.2, 0.25) is 0 Å². The molecule has 12 amide bonds. The minimum absolute atomic E-state index is 0.224. The number of aryl methyl sites for hydroxylation is 2. The predicted octanol–water partition coefficient (Wildman–Crippen LogP) is 13.0. The third-order valence-electron chi connectivity index (χ3n) is 19.2. The van der Waals surface area contributed by atoms with E-state index in [-0.39, 0.29) is 11.4 Å². The van der Waals surface area contributed by atoms with Crippen molar-refractivity contribution in [2.45, 2.75) is 62.8 Å². The molecule has 0 aromatic heterocycles. The van der Waals surface area contributed by atoms with Crippen molar-refractivity contribution in [1.29, 1.82) is 0 Å². The molecule has 58 heteroatoms. The zero-order valence-corrected chi connectivity index (χ0v) is 77.3. The van der Waals surface area contributed by atoms with E-state index in [9.17, 15) is 158 Å². The molecule has 0 aliphatic carbocycles. The van der Waals surface area contributed by atoms with Gasteiger partial charge in [-0.05, 0) is 159 Å². The zero-order valence-electron chi connectivity index (χ0n) is 69.1. The van der Waals surface area contributed by atoms with E-state index in [1.165, 1.54) is 0 Å². The van der Waals surface area contributed by atoms with Gasteiger partial charge in [0.1, 0.15) is 49.0 Å². The van der Waals surface area contributed by atoms with Gasteiger partial charge in [-0.2, -0.15) is 84.2 Å². The number of urea groups is 6. The van der Waals surface area contributed by atoms with Crippen molar-refractivity contribution >= 4 is 206 Å². The average Bonchev–Trinajstić information content (AvgIpc) is 0.779. The Balaban J connectivity index is 0.713. The molecule has 722 valence electrons. The van der Waals surface area contributed by atoms with Crippen molar-refractivity contribution in [1.82, 2.24) is 0 Å². The number of nitrogens with one attached hydrogen (secondary N) is 12. The van der Waals surface area contributed by atoms with Crippen molar-refractivity contribution in [3.05, 3.63) is 242 Å². The summed E-state index contributed by atoms with van der Waals surface area (Å²) in [6.07, 6.45) is 0. The standard InChI is InChI=1S/C80H66N12O36S10/c1-41-3-7-43(8-4-41)81-75(93)83-45-11-21-55(65(31-45)129(99,100)101)57-23-13-47(33-67(57)131(105,106)107)85-77(95)87-49-15-25-59(69(35-49)133(111,112)113)61-27-17-51(37-71(61)135(117,118)119)89-79(97)91-53-19-29-63(73(39-53)137(123,124)125)64-30-20-54(40-74(64)138(126,127)128)92-80(98)90-52-18-28-62(72(38-52)136(120,121)122)60-26-16-50(36-70(60)134(114,115)116)88-78(96)86-48-14-24-58(68(34-48)132(108,109)110)56-22-12-46(32-66(56)130(102,103)104)84-76(94)82-44-9-5-42(2)6-10-44/h3-40H,1-2H3,(H2,81,83,93)(H2,82,84,94)(H2,85,87,95)(H2,86,88,96)(H2,89,91,97)(H2,90,92,98)(H,99,100,101)(H,102,103,104)(H,105,106,107)(H,108,109,110)(H,111,112,113)(H,114,115,116)(H,117,118,119)(H,120,121,122)(H,123,124,125)(H,126,127,128). The molecule has 0 aliphatic rings. The Morgan fingerprint density at radius 3 is 0.333 bits per heavy atom. The number of carbonyl (C=O) groups excluding carboxylic acids is 6. The van der Waals surface area contributed by atoms with Gasteiger partial charge in [0.2, 0.25) is 0 Å². The van der Waals surface area contributed by atoms with Gasteiger partial charge in [-0.3, -0.25) is 45.5 Å². The van der Waals surface area contributed by atoms with Gasteiger partial charge >= 0.3 is 36.2 Å². The molecule has 0 spiro atoms. The maximum Gasteiger partial charge on any atom is 0.323 e. The monoisotopic (exact) mass is 2090 g/mol. The Morgan fingerprint density at radius 2 is 0.239 bits per heavy atom. The lowest BCUT2D eigenvalue weighted by Gasteiger charge is -2.17. The predicted molar refractivity (Wildman–Crippen MR) is 496 cm³/mol. The van der Waals surface area contributed by atoms with Crippen LogP contribution in [0.25, 0.3) is 55.6 Å². The molecule has 0 atom stereocenters. The van der Waals surface area contributed by atoms with Gasteiger partial charge in [0.15, 0.2) is 0 Å². The first-order valence-corrected chi connectivity index (χ1v) is 52.1. The lowest BCUT2D eigenvalue weighted by Crippen LogP contribution is -2.20. The minimum Gasteiger partial charge on any atom is -0.308 e. The molecule has 0 saturated carbocycles. The maximum absolute atomic E-state index is 13.6. The maximum atomic E-state index is 13.6. The van der Waals surface area contributed by atoms with Crippen LogP contribution in [0.5, 0.6) is 0 Å². The molecule has 0 saturated heterocycles. The van der Waals surface area contributed by atoms with E-state index in [1.54, 1.807) is 62.4 Å². The van der Waals surface area contributed by atoms with E-state index in [1.807, 2.05) is 0 Å². The molecule has 0 aliphatic heterocycles. The molecular weight excluding hydrogens is 2030 g/mol. The van der Waals surface area contributed by atoms with E-state index >= 15 is 0 Å². The number of hydrogen-bond donors (Lipinski definition) is 22. The van der Waals surface area contributed by atoms with Crippen LogP contribution in [0, 0.1) is 13.8 Å². The fourth-order valence-electron chi connectivity index (χ4n) is 13.4. The molecule has 138 heavy (non-hydrogen) atoms. The van der Waals surface area contributed by atoms with Gasteiger partial charge in [0.05, 0.1) is 0 Å². The molecule has 12 rings (SSSR count). The second kappa shape index (κ2) is 38.9. The summed E-state index contributed by atoms with van der Waals surface area (Å²) in [5.41, 5.74) is -8.89. The molecule has 48 nitrogen and oxygen atoms in total. The smallest absolute Gasteiger partial charge is 0.308 e. The van der Waals surface area contributed by atoms with Crippen LogP contribution < -0.4 is 63.8 Å². The fraction of sp³-hybridized carbons (Fsp3) is 0.0250. The summed E-state index contributed by atoms with van der Waals surface area (Å²) in [5.74, 6) is 0. The summed E-state index contributed by atoms with van der Waals surface area (Å²) >= 11 is 0. The second-order valence-electron chi connectivity index (χ2n) is 29.1. The van der Waals surface area contributed by atoms with E-state index in [0.29, 0.717) is 59.9 Å². The van der Waals surface area contributed by atoms with Gasteiger partial charge < -0.3 is 63.8 Å². The Kier molecular flexibility index (Phi) is 28.8. The molecule has 0 fully saturated rings. The van der Waals surface area contributed by atoms with Crippen LogP contribution in [0.15, 0.2) is 279 Å². The first kappa shape index (κ1) is 102. The normalized spacial score (nSPS) is 12.2. The van der Waals surface area contributed by atoms with Crippen LogP contribution >= 0.6 is 0 Å².